The van der Waals surface area contributed by atoms with Crippen LogP contribution in [0.4, 0.5) is 5.69 Å². The molecule has 4 heteroatoms. The Bertz CT molecular complexity index is 415. The molecule has 1 aromatic rings. The number of nitrogens with two attached hydrogens (primary N) is 1. The van der Waals surface area contributed by atoms with Crippen LogP contribution in [0, 0.1) is 0 Å². The second-order valence-electron chi connectivity index (χ2n) is 4.52. The SMILES string of the molecule is C=CCC(N)C(=O)Nc1ccccc1CN(C)C. The van der Waals surface area contributed by atoms with Crippen LogP contribution in [0.3, 0.4) is 0 Å². The molecule has 0 aliphatic carbocycles. The van der Waals surface area contributed by atoms with Crippen LogP contribution in [0.1, 0.15) is 12.0 Å². The molecular weight excluding hydrogens is 226 g/mol. The van der Waals surface area contributed by atoms with Crippen molar-refractivity contribution < 1.29 is 4.79 Å². The molecule has 0 bridgehead atoms. The topological polar surface area (TPSA) is 58.4 Å². The van der Waals surface area contributed by atoms with Crippen molar-refractivity contribution in [2.75, 3.05) is 19.4 Å². The summed E-state index contributed by atoms with van der Waals surface area (Å²) in [5.41, 5.74) is 7.62. The Hall–Kier alpha value is -1.65. The van der Waals surface area contributed by atoms with E-state index in [0.29, 0.717) is 6.42 Å². The van der Waals surface area contributed by atoms with Crippen molar-refractivity contribution >= 4 is 11.6 Å². The van der Waals surface area contributed by atoms with Crippen LogP contribution < -0.4 is 11.1 Å². The summed E-state index contributed by atoms with van der Waals surface area (Å²) in [6.07, 6.45) is 2.12. The minimum absolute atomic E-state index is 0.180. The Balaban J connectivity index is 2.77. The van der Waals surface area contributed by atoms with Gasteiger partial charge in [0.15, 0.2) is 0 Å². The smallest absolute Gasteiger partial charge is 0.241 e. The number of para-hydroxylation sites is 1. The lowest BCUT2D eigenvalue weighted by atomic mass is 10.1. The van der Waals surface area contributed by atoms with E-state index >= 15 is 0 Å². The summed E-state index contributed by atoms with van der Waals surface area (Å²) in [6.45, 7) is 4.35. The fourth-order valence-electron chi connectivity index (χ4n) is 1.63. The molecule has 0 fully saturated rings. The van der Waals surface area contributed by atoms with Crippen LogP contribution in [0.25, 0.3) is 0 Å². The van der Waals surface area contributed by atoms with Crippen molar-refractivity contribution in [1.82, 2.24) is 4.90 Å². The standard InChI is InChI=1S/C14H21N3O/c1-4-7-12(15)14(18)16-13-9-6-5-8-11(13)10-17(2)3/h4-6,8-9,12H,1,7,10,15H2,2-3H3,(H,16,18). The number of carbonyl (C=O) groups excluding carboxylic acids is 1. The van der Waals surface area contributed by atoms with Crippen molar-refractivity contribution in [1.29, 1.82) is 0 Å². The van der Waals surface area contributed by atoms with Gasteiger partial charge in [0.1, 0.15) is 0 Å². The zero-order valence-electron chi connectivity index (χ0n) is 11.0. The molecule has 3 N–H and O–H groups in total. The molecule has 0 aliphatic rings. The number of carbonyl (C=O) groups is 1. The molecule has 0 radical (unpaired) electrons. The maximum absolute atomic E-state index is 11.8. The molecule has 1 atom stereocenters. The van der Waals surface area contributed by atoms with Gasteiger partial charge in [-0.1, -0.05) is 24.3 Å². The molecule has 1 amide bonds. The first kappa shape index (κ1) is 14.4. The van der Waals surface area contributed by atoms with E-state index in [-0.39, 0.29) is 5.91 Å². The number of amides is 1. The third kappa shape index (κ3) is 4.31. The third-order valence-corrected chi connectivity index (χ3v) is 2.52. The Morgan fingerprint density at radius 1 is 1.50 bits per heavy atom. The molecule has 0 saturated heterocycles. The Morgan fingerprint density at radius 3 is 2.78 bits per heavy atom. The van der Waals surface area contributed by atoms with Crippen LogP contribution in [-0.2, 0) is 11.3 Å². The van der Waals surface area contributed by atoms with E-state index in [1.54, 1.807) is 6.08 Å². The van der Waals surface area contributed by atoms with Crippen molar-refractivity contribution in [3.05, 3.63) is 42.5 Å². The maximum Gasteiger partial charge on any atom is 0.241 e. The van der Waals surface area contributed by atoms with Crippen LogP contribution in [0.2, 0.25) is 0 Å². The number of hydrogen-bond acceptors (Lipinski definition) is 3. The van der Waals surface area contributed by atoms with Crippen molar-refractivity contribution in [2.45, 2.75) is 19.0 Å². The van der Waals surface area contributed by atoms with Crippen LogP contribution >= 0.6 is 0 Å². The summed E-state index contributed by atoms with van der Waals surface area (Å²) in [5.74, 6) is -0.180. The van der Waals surface area contributed by atoms with E-state index in [1.807, 2.05) is 38.4 Å². The molecule has 98 valence electrons. The van der Waals surface area contributed by atoms with Gasteiger partial charge in [0.2, 0.25) is 5.91 Å². The van der Waals surface area contributed by atoms with Gasteiger partial charge >= 0.3 is 0 Å². The average Bonchev–Trinajstić information content (AvgIpc) is 2.31. The highest BCUT2D eigenvalue weighted by Gasteiger charge is 2.13. The highest BCUT2D eigenvalue weighted by molar-refractivity contribution is 5.95. The number of benzene rings is 1. The Morgan fingerprint density at radius 2 is 2.17 bits per heavy atom. The lowest BCUT2D eigenvalue weighted by molar-refractivity contribution is -0.117. The Labute approximate surface area is 108 Å². The highest BCUT2D eigenvalue weighted by atomic mass is 16.2. The van der Waals surface area contributed by atoms with E-state index in [2.05, 4.69) is 16.8 Å². The van der Waals surface area contributed by atoms with Crippen LogP contribution in [-0.4, -0.2) is 30.9 Å². The van der Waals surface area contributed by atoms with E-state index in [4.69, 9.17) is 5.73 Å². The van der Waals surface area contributed by atoms with Crippen molar-refractivity contribution in [2.24, 2.45) is 5.73 Å². The van der Waals surface area contributed by atoms with Crippen molar-refractivity contribution in [3.8, 4) is 0 Å². The molecule has 4 nitrogen and oxygen atoms in total. The molecular formula is C14H21N3O. The van der Waals surface area contributed by atoms with Gasteiger partial charge in [-0.25, -0.2) is 0 Å². The number of rotatable bonds is 6. The van der Waals surface area contributed by atoms with Gasteiger partial charge in [-0.15, -0.1) is 6.58 Å². The normalized spacial score (nSPS) is 12.2. The van der Waals surface area contributed by atoms with Gasteiger partial charge in [0, 0.05) is 12.2 Å². The maximum atomic E-state index is 11.8. The minimum Gasteiger partial charge on any atom is -0.324 e. The quantitative estimate of drug-likeness (QED) is 0.751. The molecule has 18 heavy (non-hydrogen) atoms. The molecule has 1 rings (SSSR count). The summed E-state index contributed by atoms with van der Waals surface area (Å²) >= 11 is 0. The minimum atomic E-state index is -0.546. The summed E-state index contributed by atoms with van der Waals surface area (Å²) in [4.78, 5) is 13.9. The molecule has 0 aliphatic heterocycles. The number of hydrogen-bond donors (Lipinski definition) is 2. The van der Waals surface area contributed by atoms with Gasteiger partial charge in [-0.2, -0.15) is 0 Å². The lowest BCUT2D eigenvalue weighted by Crippen LogP contribution is -2.35. The number of nitrogens with zero attached hydrogens (tertiary/aromatic N) is 1. The van der Waals surface area contributed by atoms with E-state index in [0.717, 1.165) is 17.8 Å². The largest absolute Gasteiger partial charge is 0.324 e. The molecule has 0 aromatic heterocycles. The van der Waals surface area contributed by atoms with Gasteiger partial charge in [-0.05, 0) is 32.1 Å². The molecule has 0 saturated carbocycles. The zero-order chi connectivity index (χ0) is 13.5. The van der Waals surface area contributed by atoms with Crippen LogP contribution in [0.5, 0.6) is 0 Å². The summed E-state index contributed by atoms with van der Waals surface area (Å²) in [7, 11) is 3.98. The van der Waals surface area contributed by atoms with E-state index in [1.165, 1.54) is 0 Å². The second kappa shape index (κ2) is 6.93. The first-order chi connectivity index (χ1) is 8.54. The first-order valence-corrected chi connectivity index (χ1v) is 5.94. The monoisotopic (exact) mass is 247 g/mol. The van der Waals surface area contributed by atoms with Gasteiger partial charge in [0.05, 0.1) is 6.04 Å². The molecule has 1 unspecified atom stereocenters. The number of anilines is 1. The Kier molecular flexibility index (Phi) is 5.55. The lowest BCUT2D eigenvalue weighted by Gasteiger charge is -2.16. The number of nitrogens with one attached hydrogen (secondary N) is 1. The average molecular weight is 247 g/mol. The predicted octanol–water partition coefficient (Wildman–Crippen LogP) is 1.59. The highest BCUT2D eigenvalue weighted by Crippen LogP contribution is 2.16. The summed E-state index contributed by atoms with van der Waals surface area (Å²) < 4.78 is 0. The second-order valence-corrected chi connectivity index (χ2v) is 4.52. The van der Waals surface area contributed by atoms with Gasteiger partial charge in [0.25, 0.3) is 0 Å². The molecule has 0 heterocycles. The zero-order valence-corrected chi connectivity index (χ0v) is 11.0. The summed E-state index contributed by atoms with van der Waals surface area (Å²) in [6, 6.07) is 7.19. The first-order valence-electron chi connectivity index (χ1n) is 5.94. The van der Waals surface area contributed by atoms with Crippen molar-refractivity contribution in [3.63, 3.8) is 0 Å². The molecule has 0 spiro atoms. The third-order valence-electron chi connectivity index (χ3n) is 2.52. The fraction of sp³-hybridized carbons (Fsp3) is 0.357. The van der Waals surface area contributed by atoms with E-state index < -0.39 is 6.04 Å². The van der Waals surface area contributed by atoms with E-state index in [9.17, 15) is 4.79 Å². The van der Waals surface area contributed by atoms with Crippen LogP contribution in [0.15, 0.2) is 36.9 Å². The van der Waals surface area contributed by atoms with Gasteiger partial charge in [-0.3, -0.25) is 4.79 Å². The summed E-state index contributed by atoms with van der Waals surface area (Å²) in [5, 5.41) is 2.86. The predicted molar refractivity (Wildman–Crippen MR) is 75.3 cm³/mol. The van der Waals surface area contributed by atoms with Gasteiger partial charge < -0.3 is 16.0 Å². The molecule has 1 aromatic carbocycles. The fourth-order valence-corrected chi connectivity index (χ4v) is 1.63.